The van der Waals surface area contributed by atoms with Crippen molar-refractivity contribution in [3.05, 3.63) is 24.3 Å². The number of halogens is 3. The van der Waals surface area contributed by atoms with E-state index >= 15 is 0 Å². The zero-order valence-electron chi connectivity index (χ0n) is 16.6. The maximum absolute atomic E-state index is 12.7. The summed E-state index contributed by atoms with van der Waals surface area (Å²) in [6.07, 6.45) is 3.47. The van der Waals surface area contributed by atoms with E-state index < -0.39 is 24.0 Å². The molecule has 1 saturated carbocycles. The van der Waals surface area contributed by atoms with Gasteiger partial charge in [-0.1, -0.05) is 39.0 Å². The predicted octanol–water partition coefficient (Wildman–Crippen LogP) is 6.70. The number of carbonyl (C=O) groups excluding carboxylic acids is 1. The molecule has 0 N–H and O–H groups in total. The van der Waals surface area contributed by atoms with E-state index in [-0.39, 0.29) is 25.7 Å². The Morgan fingerprint density at radius 1 is 0.929 bits per heavy atom. The first-order chi connectivity index (χ1) is 13.4. The molecule has 0 bridgehead atoms. The summed E-state index contributed by atoms with van der Waals surface area (Å²) in [4.78, 5) is 12.2. The van der Waals surface area contributed by atoms with Gasteiger partial charge in [-0.15, -0.1) is 0 Å². The molecule has 0 aromatic heterocycles. The summed E-state index contributed by atoms with van der Waals surface area (Å²) in [6.45, 7) is 2.86. The van der Waals surface area contributed by atoms with Gasteiger partial charge >= 0.3 is 12.1 Å². The third-order valence-electron chi connectivity index (χ3n) is 5.33. The first kappa shape index (κ1) is 22.6. The molecule has 0 spiro atoms. The number of carbonyl (C=O) groups is 1. The third-order valence-corrected chi connectivity index (χ3v) is 5.33. The molecule has 0 unspecified atom stereocenters. The minimum absolute atomic E-state index is 0.00547. The Hall–Kier alpha value is -1.72. The summed E-state index contributed by atoms with van der Waals surface area (Å²) in [6, 6.07) is 6.83. The standard InChI is InChI=1S/C22H31F3O3/c1-2-3-4-5-6-7-16-27-19-12-14-20(15-13-19)28-21(26)17-8-10-18(11-9-17)22(23,24)25/h12-15,17-18H,2-11,16H2,1H3. The first-order valence-electron chi connectivity index (χ1n) is 10.4. The highest BCUT2D eigenvalue weighted by molar-refractivity contribution is 5.75. The van der Waals surface area contributed by atoms with E-state index in [2.05, 4.69) is 6.92 Å². The number of ether oxygens (including phenoxy) is 2. The van der Waals surface area contributed by atoms with Crippen molar-refractivity contribution in [1.29, 1.82) is 0 Å². The van der Waals surface area contributed by atoms with Crippen LogP contribution < -0.4 is 9.47 Å². The minimum atomic E-state index is -4.17. The van der Waals surface area contributed by atoms with Gasteiger partial charge in [0, 0.05) is 0 Å². The number of rotatable bonds is 10. The molecule has 6 heteroatoms. The summed E-state index contributed by atoms with van der Waals surface area (Å²) in [7, 11) is 0. The Kier molecular flexibility index (Phi) is 9.13. The first-order valence-corrected chi connectivity index (χ1v) is 10.4. The van der Waals surface area contributed by atoms with Crippen LogP contribution in [0.3, 0.4) is 0 Å². The number of alkyl halides is 3. The molecule has 158 valence electrons. The molecule has 1 aromatic rings. The second-order valence-corrected chi connectivity index (χ2v) is 7.60. The molecule has 0 amide bonds. The van der Waals surface area contributed by atoms with Crippen LogP contribution in [0.4, 0.5) is 13.2 Å². The molecule has 0 heterocycles. The van der Waals surface area contributed by atoms with Gasteiger partial charge in [-0.2, -0.15) is 13.2 Å². The maximum Gasteiger partial charge on any atom is 0.391 e. The molecule has 1 aromatic carbocycles. The van der Waals surface area contributed by atoms with Crippen molar-refractivity contribution >= 4 is 5.97 Å². The predicted molar refractivity (Wildman–Crippen MR) is 102 cm³/mol. The number of hydrogen-bond donors (Lipinski definition) is 0. The summed E-state index contributed by atoms with van der Waals surface area (Å²) >= 11 is 0. The molecular weight excluding hydrogens is 369 g/mol. The van der Waals surface area contributed by atoms with Crippen molar-refractivity contribution in [2.24, 2.45) is 11.8 Å². The quantitative estimate of drug-likeness (QED) is 0.249. The van der Waals surface area contributed by atoms with Gasteiger partial charge in [-0.3, -0.25) is 4.79 Å². The highest BCUT2D eigenvalue weighted by atomic mass is 19.4. The molecule has 0 saturated heterocycles. The van der Waals surface area contributed by atoms with Crippen molar-refractivity contribution in [1.82, 2.24) is 0 Å². The smallest absolute Gasteiger partial charge is 0.391 e. The van der Waals surface area contributed by atoms with Crippen molar-refractivity contribution in [2.75, 3.05) is 6.61 Å². The lowest BCUT2D eigenvalue weighted by molar-refractivity contribution is -0.185. The largest absolute Gasteiger partial charge is 0.494 e. The highest BCUT2D eigenvalue weighted by Crippen LogP contribution is 2.39. The SMILES string of the molecule is CCCCCCCCOc1ccc(OC(=O)C2CCC(C(F)(F)F)CC2)cc1. The Bertz CT molecular complexity index is 576. The van der Waals surface area contributed by atoms with Crippen LogP contribution in [0.2, 0.25) is 0 Å². The molecule has 1 aliphatic rings. The Labute approximate surface area is 165 Å². The van der Waals surface area contributed by atoms with Gasteiger partial charge in [0.1, 0.15) is 11.5 Å². The summed E-state index contributed by atoms with van der Waals surface area (Å²) in [5.74, 6) is -1.07. The number of benzene rings is 1. The molecule has 28 heavy (non-hydrogen) atoms. The van der Waals surface area contributed by atoms with Crippen molar-refractivity contribution < 1.29 is 27.4 Å². The fraction of sp³-hybridized carbons (Fsp3) is 0.682. The molecular formula is C22H31F3O3. The van der Waals surface area contributed by atoms with Crippen molar-refractivity contribution in [2.45, 2.75) is 77.3 Å². The van der Waals surface area contributed by atoms with Gasteiger partial charge in [0.25, 0.3) is 0 Å². The van der Waals surface area contributed by atoms with Crippen molar-refractivity contribution in [3.63, 3.8) is 0 Å². The van der Waals surface area contributed by atoms with E-state index in [0.29, 0.717) is 12.4 Å². The van der Waals surface area contributed by atoms with Gasteiger partial charge in [0.05, 0.1) is 18.4 Å². The highest BCUT2D eigenvalue weighted by Gasteiger charge is 2.42. The van der Waals surface area contributed by atoms with Gasteiger partial charge in [-0.25, -0.2) is 0 Å². The van der Waals surface area contributed by atoms with Gasteiger partial charge in [-0.05, 0) is 56.4 Å². The second kappa shape index (κ2) is 11.3. The lowest BCUT2D eigenvalue weighted by Gasteiger charge is -2.28. The topological polar surface area (TPSA) is 35.5 Å². The van der Waals surface area contributed by atoms with Gasteiger partial charge in [0.2, 0.25) is 0 Å². The summed E-state index contributed by atoms with van der Waals surface area (Å²) < 4.78 is 49.1. The fourth-order valence-electron chi connectivity index (χ4n) is 3.53. The van der Waals surface area contributed by atoms with E-state index in [1.807, 2.05) is 0 Å². The molecule has 1 fully saturated rings. The molecule has 3 nitrogen and oxygen atoms in total. The Morgan fingerprint density at radius 2 is 1.50 bits per heavy atom. The average molecular weight is 400 g/mol. The lowest BCUT2D eigenvalue weighted by atomic mass is 9.82. The van der Waals surface area contributed by atoms with Crippen LogP contribution in [0, 0.1) is 11.8 Å². The summed E-state index contributed by atoms with van der Waals surface area (Å²) in [5, 5.41) is 0. The van der Waals surface area contributed by atoms with Gasteiger partial charge < -0.3 is 9.47 Å². The Balaban J connectivity index is 1.67. The van der Waals surface area contributed by atoms with Crippen molar-refractivity contribution in [3.8, 4) is 11.5 Å². The van der Waals surface area contributed by atoms with E-state index in [1.165, 1.54) is 25.7 Å². The molecule has 2 rings (SSSR count). The van der Waals surface area contributed by atoms with Crippen LogP contribution in [-0.4, -0.2) is 18.8 Å². The van der Waals surface area contributed by atoms with Crippen LogP contribution in [0.1, 0.15) is 71.1 Å². The fourth-order valence-corrected chi connectivity index (χ4v) is 3.53. The zero-order valence-corrected chi connectivity index (χ0v) is 16.6. The summed E-state index contributed by atoms with van der Waals surface area (Å²) in [5.41, 5.74) is 0. The van der Waals surface area contributed by atoms with Crippen LogP contribution >= 0.6 is 0 Å². The van der Waals surface area contributed by atoms with Gasteiger partial charge in [0.15, 0.2) is 0 Å². The number of esters is 1. The number of hydrogen-bond acceptors (Lipinski definition) is 3. The van der Waals surface area contributed by atoms with Crippen LogP contribution in [0.15, 0.2) is 24.3 Å². The molecule has 0 radical (unpaired) electrons. The molecule has 0 aliphatic heterocycles. The maximum atomic E-state index is 12.7. The van der Waals surface area contributed by atoms with E-state index in [1.54, 1.807) is 24.3 Å². The average Bonchev–Trinajstić information content (AvgIpc) is 2.68. The monoisotopic (exact) mass is 400 g/mol. The molecule has 1 aliphatic carbocycles. The third kappa shape index (κ3) is 7.72. The second-order valence-electron chi connectivity index (χ2n) is 7.60. The Morgan fingerprint density at radius 3 is 2.11 bits per heavy atom. The minimum Gasteiger partial charge on any atom is -0.494 e. The van der Waals surface area contributed by atoms with E-state index in [9.17, 15) is 18.0 Å². The molecule has 0 atom stereocenters. The van der Waals surface area contributed by atoms with E-state index in [4.69, 9.17) is 9.47 Å². The van der Waals surface area contributed by atoms with Crippen LogP contribution in [-0.2, 0) is 4.79 Å². The normalized spacial score (nSPS) is 20.0. The zero-order chi connectivity index (χ0) is 20.4. The van der Waals surface area contributed by atoms with Crippen LogP contribution in [0.5, 0.6) is 11.5 Å². The number of unbranched alkanes of at least 4 members (excludes halogenated alkanes) is 5. The van der Waals surface area contributed by atoms with Crippen LogP contribution in [0.25, 0.3) is 0 Å². The van der Waals surface area contributed by atoms with E-state index in [0.717, 1.165) is 18.6 Å². The lowest BCUT2D eigenvalue weighted by Crippen LogP contribution is -2.31.